The molecule has 3 aromatic rings. The fraction of sp³-hybridized carbons (Fsp3) is 0.222. The number of para-hydroxylation sites is 1. The maximum Gasteiger partial charge on any atom is 0.252 e. The molecule has 1 N–H and O–H groups in total. The number of nitrogens with zero attached hydrogens (tertiary/aromatic N) is 3. The van der Waals surface area contributed by atoms with Crippen LogP contribution in [0.5, 0.6) is 0 Å². The SMILES string of the molecule is Cn1cc(-c2cc(C(=O)NCCCC(=O)Cl)c3ccccc3n2)cn1. The van der Waals surface area contributed by atoms with Gasteiger partial charge in [-0.3, -0.25) is 14.3 Å². The summed E-state index contributed by atoms with van der Waals surface area (Å²) in [5, 5.41) is 7.37. The van der Waals surface area contributed by atoms with Crippen molar-refractivity contribution < 1.29 is 9.59 Å². The van der Waals surface area contributed by atoms with E-state index < -0.39 is 5.24 Å². The highest BCUT2D eigenvalue weighted by molar-refractivity contribution is 6.63. The van der Waals surface area contributed by atoms with Crippen molar-refractivity contribution >= 4 is 33.7 Å². The average Bonchev–Trinajstić information content (AvgIpc) is 3.04. The van der Waals surface area contributed by atoms with Crippen molar-refractivity contribution in [1.29, 1.82) is 0 Å². The third-order valence-corrected chi connectivity index (χ3v) is 3.99. The lowest BCUT2D eigenvalue weighted by atomic mass is 10.0. The van der Waals surface area contributed by atoms with Crippen LogP contribution in [0.15, 0.2) is 42.7 Å². The van der Waals surface area contributed by atoms with Crippen molar-refractivity contribution in [3.05, 3.63) is 48.3 Å². The van der Waals surface area contributed by atoms with Gasteiger partial charge >= 0.3 is 0 Å². The van der Waals surface area contributed by atoms with Gasteiger partial charge in [0, 0.05) is 37.2 Å². The van der Waals surface area contributed by atoms with E-state index in [1.165, 1.54) is 0 Å². The fourth-order valence-corrected chi connectivity index (χ4v) is 2.72. The fourth-order valence-electron chi connectivity index (χ4n) is 2.59. The third-order valence-electron chi connectivity index (χ3n) is 3.80. The van der Waals surface area contributed by atoms with Crippen LogP contribution in [-0.2, 0) is 11.8 Å². The Bertz CT molecular complexity index is 936. The molecule has 1 amide bonds. The highest BCUT2D eigenvalue weighted by atomic mass is 35.5. The van der Waals surface area contributed by atoms with Crippen LogP contribution < -0.4 is 5.32 Å². The minimum Gasteiger partial charge on any atom is -0.352 e. The van der Waals surface area contributed by atoms with E-state index in [9.17, 15) is 9.59 Å². The van der Waals surface area contributed by atoms with Crippen LogP contribution in [0.25, 0.3) is 22.2 Å². The standard InChI is InChI=1S/C18H17ClN4O2/c1-23-11-12(10-21-23)16-9-14(13-5-2-3-6-15(13)22-16)18(25)20-8-4-7-17(19)24/h2-3,5-6,9-11H,4,7-8H2,1H3,(H,20,25). The van der Waals surface area contributed by atoms with Gasteiger partial charge in [-0.05, 0) is 30.2 Å². The number of carbonyl (C=O) groups is 2. The van der Waals surface area contributed by atoms with E-state index >= 15 is 0 Å². The average molecular weight is 357 g/mol. The van der Waals surface area contributed by atoms with Crippen LogP contribution in [0.3, 0.4) is 0 Å². The summed E-state index contributed by atoms with van der Waals surface area (Å²) < 4.78 is 1.69. The largest absolute Gasteiger partial charge is 0.352 e. The number of nitrogens with one attached hydrogen (secondary N) is 1. The van der Waals surface area contributed by atoms with Gasteiger partial charge in [-0.15, -0.1) is 0 Å². The molecule has 1 aromatic carbocycles. The van der Waals surface area contributed by atoms with E-state index in [0.29, 0.717) is 24.2 Å². The Morgan fingerprint density at radius 2 is 2.08 bits per heavy atom. The van der Waals surface area contributed by atoms with Crippen molar-refractivity contribution in [1.82, 2.24) is 20.1 Å². The number of aromatic nitrogens is 3. The van der Waals surface area contributed by atoms with Crippen molar-refractivity contribution in [2.75, 3.05) is 6.54 Å². The summed E-state index contributed by atoms with van der Waals surface area (Å²) in [4.78, 5) is 28.0. The lowest BCUT2D eigenvalue weighted by molar-refractivity contribution is -0.111. The molecule has 2 heterocycles. The number of benzene rings is 1. The molecule has 0 unspecified atom stereocenters. The molecule has 7 heteroatoms. The maximum atomic E-state index is 12.6. The van der Waals surface area contributed by atoms with Gasteiger partial charge in [0.15, 0.2) is 0 Å². The minimum absolute atomic E-state index is 0.203. The predicted octanol–water partition coefficient (Wildman–Crippen LogP) is 2.91. The number of hydrogen-bond donors (Lipinski definition) is 1. The second kappa shape index (κ2) is 7.44. The lowest BCUT2D eigenvalue weighted by Gasteiger charge is -2.09. The van der Waals surface area contributed by atoms with E-state index in [-0.39, 0.29) is 12.3 Å². The van der Waals surface area contributed by atoms with Gasteiger partial charge in [-0.1, -0.05) is 18.2 Å². The molecule has 0 atom stereocenters. The topological polar surface area (TPSA) is 76.9 Å². The van der Waals surface area contributed by atoms with Crippen LogP contribution in [0.4, 0.5) is 0 Å². The Morgan fingerprint density at radius 3 is 2.80 bits per heavy atom. The number of carbonyl (C=O) groups excluding carboxylic acids is 2. The zero-order valence-electron chi connectivity index (χ0n) is 13.7. The first kappa shape index (κ1) is 17.1. The van der Waals surface area contributed by atoms with Gasteiger partial charge in [0.05, 0.1) is 23.0 Å². The van der Waals surface area contributed by atoms with E-state index in [4.69, 9.17) is 11.6 Å². The molecule has 0 saturated carbocycles. The van der Waals surface area contributed by atoms with E-state index in [0.717, 1.165) is 16.5 Å². The van der Waals surface area contributed by atoms with Crippen molar-refractivity contribution in [2.24, 2.45) is 7.05 Å². The minimum atomic E-state index is -0.400. The predicted molar refractivity (Wildman–Crippen MR) is 96.4 cm³/mol. The second-order valence-corrected chi connectivity index (χ2v) is 6.11. The number of rotatable bonds is 6. The van der Waals surface area contributed by atoms with E-state index in [1.807, 2.05) is 37.5 Å². The maximum absolute atomic E-state index is 12.6. The molecule has 0 aliphatic carbocycles. The molecular formula is C18H17ClN4O2. The summed E-state index contributed by atoms with van der Waals surface area (Å²) in [5.74, 6) is -0.203. The molecule has 3 rings (SSSR count). The van der Waals surface area contributed by atoms with Crippen LogP contribution in [0, 0.1) is 0 Å². The van der Waals surface area contributed by atoms with Crippen LogP contribution in [0.2, 0.25) is 0 Å². The van der Waals surface area contributed by atoms with Crippen molar-refractivity contribution in [3.63, 3.8) is 0 Å². The molecule has 25 heavy (non-hydrogen) atoms. The summed E-state index contributed by atoms with van der Waals surface area (Å²) >= 11 is 5.31. The molecule has 0 radical (unpaired) electrons. The number of fused-ring (bicyclic) bond motifs is 1. The third kappa shape index (κ3) is 4.03. The van der Waals surface area contributed by atoms with Crippen LogP contribution in [0.1, 0.15) is 23.2 Å². The summed E-state index contributed by atoms with van der Waals surface area (Å²) in [6, 6.07) is 9.26. The highest BCUT2D eigenvalue weighted by Crippen LogP contribution is 2.24. The first-order valence-electron chi connectivity index (χ1n) is 7.90. The zero-order valence-corrected chi connectivity index (χ0v) is 14.5. The number of halogens is 1. The number of hydrogen-bond acceptors (Lipinski definition) is 4. The number of amides is 1. The summed E-state index contributed by atoms with van der Waals surface area (Å²) in [5.41, 5.74) is 2.81. The molecular weight excluding hydrogens is 340 g/mol. The van der Waals surface area contributed by atoms with Crippen molar-refractivity contribution in [3.8, 4) is 11.3 Å². The molecule has 0 bridgehead atoms. The molecule has 0 aliphatic heterocycles. The molecule has 6 nitrogen and oxygen atoms in total. The van der Waals surface area contributed by atoms with E-state index in [1.54, 1.807) is 16.9 Å². The molecule has 0 fully saturated rings. The molecule has 0 saturated heterocycles. The van der Waals surface area contributed by atoms with Crippen molar-refractivity contribution in [2.45, 2.75) is 12.8 Å². The normalized spacial score (nSPS) is 10.8. The lowest BCUT2D eigenvalue weighted by Crippen LogP contribution is -2.25. The Hall–Kier alpha value is -2.73. The molecule has 128 valence electrons. The molecule has 2 aromatic heterocycles. The first-order chi connectivity index (χ1) is 12.0. The number of aryl methyl sites for hydroxylation is 1. The zero-order chi connectivity index (χ0) is 17.8. The quantitative estimate of drug-likeness (QED) is 0.544. The second-order valence-electron chi connectivity index (χ2n) is 5.69. The molecule has 0 spiro atoms. The van der Waals surface area contributed by atoms with Gasteiger partial charge < -0.3 is 5.32 Å². The summed E-state index contributed by atoms with van der Waals surface area (Å²) in [6.07, 6.45) is 4.31. The van der Waals surface area contributed by atoms with E-state index in [2.05, 4.69) is 15.4 Å². The highest BCUT2D eigenvalue weighted by Gasteiger charge is 2.14. The van der Waals surface area contributed by atoms with Gasteiger partial charge in [-0.25, -0.2) is 4.98 Å². The number of pyridine rings is 1. The van der Waals surface area contributed by atoms with Crippen LogP contribution in [-0.4, -0.2) is 32.5 Å². The molecule has 0 aliphatic rings. The van der Waals surface area contributed by atoms with Gasteiger partial charge in [0.25, 0.3) is 5.91 Å². The Balaban J connectivity index is 1.92. The monoisotopic (exact) mass is 356 g/mol. The first-order valence-corrected chi connectivity index (χ1v) is 8.28. The van der Waals surface area contributed by atoms with Gasteiger partial charge in [0.2, 0.25) is 5.24 Å². The smallest absolute Gasteiger partial charge is 0.252 e. The van der Waals surface area contributed by atoms with Gasteiger partial charge in [0.1, 0.15) is 0 Å². The summed E-state index contributed by atoms with van der Waals surface area (Å²) in [6.45, 7) is 0.385. The van der Waals surface area contributed by atoms with Gasteiger partial charge in [-0.2, -0.15) is 5.10 Å². The summed E-state index contributed by atoms with van der Waals surface area (Å²) in [7, 11) is 1.83. The Morgan fingerprint density at radius 1 is 1.28 bits per heavy atom. The Kier molecular flexibility index (Phi) is 5.09. The van der Waals surface area contributed by atoms with Crippen LogP contribution >= 0.6 is 11.6 Å². The Labute approximate surface area is 149 Å².